The van der Waals surface area contributed by atoms with E-state index < -0.39 is 0 Å². The number of nitrogens with zero attached hydrogens (tertiary/aromatic N) is 2. The number of rotatable bonds is 8. The first-order valence-corrected chi connectivity index (χ1v) is 13.6. The molecule has 0 saturated carbocycles. The fraction of sp³-hybridized carbons (Fsp3) is 0.552. The maximum Gasteiger partial charge on any atom is 0.174 e. The van der Waals surface area contributed by atoms with Crippen LogP contribution in [0.1, 0.15) is 56.8 Å². The van der Waals surface area contributed by atoms with E-state index >= 15 is 0 Å². The summed E-state index contributed by atoms with van der Waals surface area (Å²) in [5.74, 6) is 1.77. The molecule has 1 N–H and O–H groups in total. The number of anilines is 1. The van der Waals surface area contributed by atoms with E-state index in [4.69, 9.17) is 26.4 Å². The number of fused-ring (bicyclic) bond motifs is 1. The van der Waals surface area contributed by atoms with Crippen LogP contribution in [0.2, 0.25) is 0 Å². The molecule has 2 aliphatic heterocycles. The highest BCUT2D eigenvalue weighted by Crippen LogP contribution is 2.44. The van der Waals surface area contributed by atoms with Gasteiger partial charge < -0.3 is 24.4 Å². The second kappa shape index (κ2) is 11.8. The maximum absolute atomic E-state index is 6.41. The molecule has 0 aliphatic carbocycles. The van der Waals surface area contributed by atoms with E-state index in [0.717, 1.165) is 80.1 Å². The second-order valence-electron chi connectivity index (χ2n) is 10.3. The van der Waals surface area contributed by atoms with Crippen LogP contribution in [-0.4, -0.2) is 66.5 Å². The topological polar surface area (TPSA) is 46.2 Å². The lowest BCUT2D eigenvalue weighted by molar-refractivity contribution is 0.0266. The highest BCUT2D eigenvalue weighted by molar-refractivity contribution is 7.80. The van der Waals surface area contributed by atoms with Gasteiger partial charge in [0.05, 0.1) is 25.9 Å². The number of thiocarbonyl (C=S) groups is 1. The lowest BCUT2D eigenvalue weighted by Crippen LogP contribution is -2.48. The Bertz CT molecular complexity index is 1050. The molecule has 1 unspecified atom stereocenters. The molecular formula is C29H41N3O3S. The molecule has 36 heavy (non-hydrogen) atoms. The zero-order valence-corrected chi connectivity index (χ0v) is 23.2. The Balaban J connectivity index is 1.68. The minimum absolute atomic E-state index is 0.0688. The number of para-hydroxylation sites is 1. The van der Waals surface area contributed by atoms with Crippen LogP contribution in [-0.2, 0) is 11.2 Å². The van der Waals surface area contributed by atoms with Gasteiger partial charge in [-0.1, -0.05) is 25.1 Å². The maximum atomic E-state index is 6.41. The summed E-state index contributed by atoms with van der Waals surface area (Å²) in [4.78, 5) is 4.84. The predicted molar refractivity (Wildman–Crippen MR) is 150 cm³/mol. The molecule has 2 aliphatic rings. The Morgan fingerprint density at radius 1 is 1.19 bits per heavy atom. The number of nitrogens with one attached hydrogen (secondary N) is 1. The van der Waals surface area contributed by atoms with Crippen molar-refractivity contribution in [3.8, 4) is 11.5 Å². The minimum atomic E-state index is -0.311. The van der Waals surface area contributed by atoms with E-state index in [1.54, 1.807) is 0 Å². The second-order valence-corrected chi connectivity index (χ2v) is 10.6. The van der Waals surface area contributed by atoms with E-state index in [2.05, 4.69) is 67.1 Å². The normalized spacial score (nSPS) is 19.2. The average Bonchev–Trinajstić information content (AvgIpc) is 2.86. The molecule has 0 bridgehead atoms. The number of benzene rings is 2. The molecule has 196 valence electrons. The van der Waals surface area contributed by atoms with Crippen molar-refractivity contribution in [2.24, 2.45) is 0 Å². The monoisotopic (exact) mass is 511 g/mol. The summed E-state index contributed by atoms with van der Waals surface area (Å²) in [5.41, 5.74) is 4.42. The lowest BCUT2D eigenvalue weighted by Gasteiger charge is -2.44. The average molecular weight is 512 g/mol. The molecule has 0 amide bonds. The quantitative estimate of drug-likeness (QED) is 0.464. The van der Waals surface area contributed by atoms with Crippen LogP contribution in [0, 0.1) is 6.92 Å². The number of hydrogen-bond donors (Lipinski definition) is 1. The number of aryl methyl sites for hydroxylation is 2. The molecule has 2 aromatic carbocycles. The minimum Gasteiger partial charge on any atom is -0.494 e. The van der Waals surface area contributed by atoms with E-state index in [9.17, 15) is 0 Å². The van der Waals surface area contributed by atoms with Crippen LogP contribution in [0.25, 0.3) is 0 Å². The van der Waals surface area contributed by atoms with E-state index in [0.29, 0.717) is 6.61 Å². The van der Waals surface area contributed by atoms with Crippen LogP contribution in [0.15, 0.2) is 36.4 Å². The van der Waals surface area contributed by atoms with Crippen LogP contribution in [0.4, 0.5) is 5.69 Å². The van der Waals surface area contributed by atoms with Crippen LogP contribution >= 0.6 is 12.2 Å². The molecule has 6 nitrogen and oxygen atoms in total. The smallest absolute Gasteiger partial charge is 0.174 e. The molecule has 2 aromatic rings. The fourth-order valence-electron chi connectivity index (χ4n) is 5.18. The Morgan fingerprint density at radius 3 is 2.69 bits per heavy atom. The Labute approximate surface area is 221 Å². The largest absolute Gasteiger partial charge is 0.494 e. The van der Waals surface area contributed by atoms with Gasteiger partial charge in [0.25, 0.3) is 0 Å². The molecular weight excluding hydrogens is 470 g/mol. The number of ether oxygens (including phenoxy) is 3. The van der Waals surface area contributed by atoms with Crippen molar-refractivity contribution in [3.05, 3.63) is 53.1 Å². The summed E-state index contributed by atoms with van der Waals surface area (Å²) in [6.45, 7) is 16.5. The molecule has 2 heterocycles. The summed E-state index contributed by atoms with van der Waals surface area (Å²) in [7, 11) is 0. The van der Waals surface area contributed by atoms with Gasteiger partial charge in [-0.2, -0.15) is 0 Å². The van der Waals surface area contributed by atoms with Gasteiger partial charge in [-0.25, -0.2) is 0 Å². The fourth-order valence-corrected chi connectivity index (χ4v) is 5.50. The summed E-state index contributed by atoms with van der Waals surface area (Å²) < 4.78 is 17.8. The zero-order valence-electron chi connectivity index (χ0n) is 22.4. The number of morpholine rings is 1. The van der Waals surface area contributed by atoms with Gasteiger partial charge in [0.15, 0.2) is 5.11 Å². The van der Waals surface area contributed by atoms with Gasteiger partial charge in [-0.3, -0.25) is 4.90 Å². The van der Waals surface area contributed by atoms with Crippen molar-refractivity contribution in [3.63, 3.8) is 0 Å². The lowest BCUT2D eigenvalue weighted by atomic mass is 9.88. The molecule has 1 atom stereocenters. The molecule has 1 fully saturated rings. The molecule has 0 radical (unpaired) electrons. The van der Waals surface area contributed by atoms with Gasteiger partial charge in [0, 0.05) is 43.9 Å². The van der Waals surface area contributed by atoms with Gasteiger partial charge in [-0.05, 0) is 75.7 Å². The van der Waals surface area contributed by atoms with Crippen LogP contribution < -0.4 is 14.8 Å². The summed E-state index contributed by atoms with van der Waals surface area (Å²) in [5, 5.41) is 4.41. The first-order valence-electron chi connectivity index (χ1n) is 13.2. The summed E-state index contributed by atoms with van der Waals surface area (Å²) >= 11 is 6.16. The van der Waals surface area contributed by atoms with Crippen LogP contribution in [0.3, 0.4) is 0 Å². The predicted octanol–water partition coefficient (Wildman–Crippen LogP) is 5.59. The van der Waals surface area contributed by atoms with E-state index in [1.807, 2.05) is 19.1 Å². The van der Waals surface area contributed by atoms with Crippen molar-refractivity contribution in [2.45, 2.75) is 59.1 Å². The first-order chi connectivity index (χ1) is 17.3. The highest BCUT2D eigenvalue weighted by atomic mass is 32.1. The number of hydrogen-bond acceptors (Lipinski definition) is 5. The third-order valence-corrected chi connectivity index (χ3v) is 7.43. The van der Waals surface area contributed by atoms with Gasteiger partial charge in [-0.15, -0.1) is 0 Å². The van der Waals surface area contributed by atoms with E-state index in [1.165, 1.54) is 11.1 Å². The van der Waals surface area contributed by atoms with Crippen molar-refractivity contribution in [1.82, 2.24) is 9.80 Å². The van der Waals surface area contributed by atoms with E-state index in [-0.39, 0.29) is 11.6 Å². The van der Waals surface area contributed by atoms with Gasteiger partial charge >= 0.3 is 0 Å². The van der Waals surface area contributed by atoms with Crippen molar-refractivity contribution < 1.29 is 14.2 Å². The summed E-state index contributed by atoms with van der Waals surface area (Å²) in [6.07, 6.45) is 1.78. The molecule has 0 aromatic heterocycles. The van der Waals surface area contributed by atoms with Crippen LogP contribution in [0.5, 0.6) is 11.5 Å². The molecule has 4 rings (SSSR count). The molecule has 7 heteroatoms. The highest BCUT2D eigenvalue weighted by Gasteiger charge is 2.38. The Hall–Kier alpha value is -2.35. The van der Waals surface area contributed by atoms with Crippen molar-refractivity contribution >= 4 is 23.0 Å². The standard InChI is InChI=1S/C29H41N3O3S/c1-6-22-10-8-9-21(3)27(22)30-28(36)32(14-13-31-15-17-33-18-16-31)25-20-29(4,5)35-26-12-11-23(34-7-2)19-24(25)26/h8-12,19,25H,6-7,13-18,20H2,1-5H3,(H,30,36). The Kier molecular flexibility index (Phi) is 8.75. The van der Waals surface area contributed by atoms with Crippen molar-refractivity contribution in [1.29, 1.82) is 0 Å². The van der Waals surface area contributed by atoms with Crippen molar-refractivity contribution in [2.75, 3.05) is 51.3 Å². The summed E-state index contributed by atoms with van der Waals surface area (Å²) in [6, 6.07) is 12.7. The van der Waals surface area contributed by atoms with Gasteiger partial charge in [0.2, 0.25) is 0 Å². The van der Waals surface area contributed by atoms with Gasteiger partial charge in [0.1, 0.15) is 17.1 Å². The SMILES string of the molecule is CCOc1ccc2c(c1)C(N(CCN1CCOCC1)C(=S)Nc1c(C)cccc1CC)CC(C)(C)O2. The molecule has 1 saturated heterocycles. The molecule has 0 spiro atoms. The third kappa shape index (κ3) is 6.31. The third-order valence-electron chi connectivity index (χ3n) is 7.09. The zero-order chi connectivity index (χ0) is 25.7. The first kappa shape index (κ1) is 26.7. The Morgan fingerprint density at radius 2 is 1.97 bits per heavy atom.